The topological polar surface area (TPSA) is 190 Å². The third kappa shape index (κ3) is 7.06. The lowest BCUT2D eigenvalue weighted by Gasteiger charge is -2.44. The fourth-order valence-electron chi connectivity index (χ4n) is 7.01. The van der Waals surface area contributed by atoms with Crippen molar-refractivity contribution >= 4 is 29.3 Å². The quantitative estimate of drug-likeness (QED) is 0.161. The molecule has 0 aromatic heterocycles. The number of benzene rings is 3. The molecule has 6 atom stereocenters. The van der Waals surface area contributed by atoms with Crippen molar-refractivity contribution in [3.8, 4) is 11.5 Å². The first-order valence-electron chi connectivity index (χ1n) is 16.4. The van der Waals surface area contributed by atoms with Gasteiger partial charge in [0, 0.05) is 53.8 Å². The zero-order chi connectivity index (χ0) is 37.5. The number of hydrogen-bond acceptors (Lipinski definition) is 11. The molecule has 6 rings (SSSR count). The van der Waals surface area contributed by atoms with Crippen molar-refractivity contribution < 1.29 is 66.6 Å². The molecule has 16 heteroatoms. The third-order valence-electron chi connectivity index (χ3n) is 9.27. The molecule has 1 saturated heterocycles. The zero-order valence-electron chi connectivity index (χ0n) is 27.9. The molecule has 5 N–H and O–H groups in total. The van der Waals surface area contributed by atoms with Gasteiger partial charge in [0.25, 0.3) is 0 Å². The van der Waals surface area contributed by atoms with Gasteiger partial charge < -0.3 is 39.6 Å². The van der Waals surface area contributed by atoms with E-state index in [1.54, 1.807) is 37.3 Å². The second-order valence-electron chi connectivity index (χ2n) is 12.8. The molecule has 0 spiro atoms. The number of ketones is 2. The molecular weight excluding hydrogens is 693 g/mol. The predicted octanol–water partition coefficient (Wildman–Crippen LogP) is 4.44. The van der Waals surface area contributed by atoms with Crippen LogP contribution in [0.15, 0.2) is 54.6 Å². The van der Waals surface area contributed by atoms with Crippen molar-refractivity contribution in [1.29, 1.82) is 0 Å². The lowest BCUT2D eigenvalue weighted by Crippen LogP contribution is -2.58. The molecule has 3 aliphatic rings. The highest BCUT2D eigenvalue weighted by molar-refractivity contribution is 6.30. The Balaban J connectivity index is 1.37. The number of nitrogens with one attached hydrogen (secondary N) is 2. The molecule has 1 fully saturated rings. The van der Waals surface area contributed by atoms with E-state index in [2.05, 4.69) is 5.32 Å². The molecule has 3 aromatic carbocycles. The van der Waals surface area contributed by atoms with Gasteiger partial charge in [0.2, 0.25) is 0 Å². The van der Waals surface area contributed by atoms with Gasteiger partial charge in [-0.2, -0.15) is 13.2 Å². The number of ether oxygens (including phenoxy) is 4. The first-order valence-corrected chi connectivity index (χ1v) is 16.4. The Labute approximate surface area is 294 Å². The lowest BCUT2D eigenvalue weighted by molar-refractivity contribution is -0.257. The molecule has 276 valence electrons. The van der Waals surface area contributed by atoms with Crippen LogP contribution < -0.4 is 10.6 Å². The van der Waals surface area contributed by atoms with Gasteiger partial charge in [-0.25, -0.2) is 4.79 Å². The summed E-state index contributed by atoms with van der Waals surface area (Å²) in [5, 5.41) is 39.7. The Morgan fingerprint density at radius 3 is 2.21 bits per heavy atom. The normalized spacial score (nSPS) is 25.4. The van der Waals surface area contributed by atoms with Crippen LogP contribution in [-0.2, 0) is 30.2 Å². The van der Waals surface area contributed by atoms with Crippen LogP contribution >= 0.6 is 0 Å². The molecule has 3 aromatic rings. The van der Waals surface area contributed by atoms with Crippen LogP contribution in [0.2, 0.25) is 0 Å². The monoisotopic (exact) mass is 728 g/mol. The average molecular weight is 729 g/mol. The molecule has 1 heterocycles. The van der Waals surface area contributed by atoms with Crippen LogP contribution in [-0.4, -0.2) is 88.4 Å². The molecule has 2 amide bonds. The summed E-state index contributed by atoms with van der Waals surface area (Å²) in [6.45, 7) is 2.50. The smallest absolute Gasteiger partial charge is 0.471 e. The number of phenolic OH excluding ortho intramolecular Hbond substituents is 2. The Morgan fingerprint density at radius 2 is 1.60 bits per heavy atom. The SMILES string of the molecule is CCO[C@H]1[C@@H](NC(=O)C(F)(F)F)C[C@H](O[C@H]2C[C@](O)(COC(=O)Nc3ccccc3)Cc3c(O)c4c(c(O)c32)C(=O)c2ccccc2C4=O)O[C@H]1C. The van der Waals surface area contributed by atoms with Crippen LogP contribution in [0.5, 0.6) is 11.5 Å². The molecule has 1 aliphatic heterocycles. The van der Waals surface area contributed by atoms with Crippen LogP contribution in [0.25, 0.3) is 0 Å². The highest BCUT2D eigenvalue weighted by Gasteiger charge is 2.49. The van der Waals surface area contributed by atoms with Gasteiger partial charge in [-0.1, -0.05) is 42.5 Å². The van der Waals surface area contributed by atoms with E-state index in [0.717, 1.165) is 0 Å². The number of rotatable bonds is 8. The van der Waals surface area contributed by atoms with Crippen LogP contribution in [0.1, 0.15) is 75.8 Å². The number of carbonyl (C=O) groups excluding carboxylic acids is 4. The van der Waals surface area contributed by atoms with Gasteiger partial charge in [-0.3, -0.25) is 19.7 Å². The predicted molar refractivity (Wildman–Crippen MR) is 174 cm³/mol. The number of hydrogen-bond donors (Lipinski definition) is 5. The molecule has 0 unspecified atom stereocenters. The van der Waals surface area contributed by atoms with Crippen molar-refractivity contribution in [3.63, 3.8) is 0 Å². The summed E-state index contributed by atoms with van der Waals surface area (Å²) in [6, 6.07) is 12.8. The zero-order valence-corrected chi connectivity index (χ0v) is 27.9. The lowest BCUT2D eigenvalue weighted by atomic mass is 9.73. The van der Waals surface area contributed by atoms with E-state index in [-0.39, 0.29) is 35.3 Å². The molecule has 52 heavy (non-hydrogen) atoms. The number of para-hydroxylation sites is 1. The standard InChI is InChI=1S/C36H35F3N2O11/c1-3-49-32-17(2)51-24(13-22(32)41-33(46)36(37,38)39)52-23-15-35(48,16-50-34(47)40-18-9-5-4-6-10-18)14-21-25(23)31(45)27-26(30(21)44)28(42)19-11-7-8-12-20(19)29(27)43/h4-12,17,22-24,32,44-45,48H,3,13-16H2,1-2H3,(H,40,47)(H,41,46)/t17-,22-,23-,24-,32+,35-/m0/s1. The Morgan fingerprint density at radius 1 is 0.981 bits per heavy atom. The highest BCUT2D eigenvalue weighted by atomic mass is 19.4. The van der Waals surface area contributed by atoms with E-state index < -0.39 is 108 Å². The Bertz CT molecular complexity index is 1900. The summed E-state index contributed by atoms with van der Waals surface area (Å²) in [6.07, 6.45) is -12.3. The van der Waals surface area contributed by atoms with Crippen molar-refractivity contribution in [1.82, 2.24) is 5.32 Å². The fraction of sp³-hybridized carbons (Fsp3) is 0.389. The van der Waals surface area contributed by atoms with Crippen molar-refractivity contribution in [2.24, 2.45) is 0 Å². The van der Waals surface area contributed by atoms with E-state index in [4.69, 9.17) is 18.9 Å². The van der Waals surface area contributed by atoms with E-state index in [9.17, 15) is 47.7 Å². The molecule has 2 aliphatic carbocycles. The number of halogens is 3. The largest absolute Gasteiger partial charge is 0.507 e. The maximum absolute atomic E-state index is 13.7. The number of amides is 2. The van der Waals surface area contributed by atoms with Crippen LogP contribution in [0, 0.1) is 0 Å². The molecule has 0 radical (unpaired) electrons. The van der Waals surface area contributed by atoms with Gasteiger partial charge in [-0.15, -0.1) is 0 Å². The van der Waals surface area contributed by atoms with Crippen molar-refractivity contribution in [2.75, 3.05) is 18.5 Å². The second-order valence-corrected chi connectivity index (χ2v) is 12.8. The Kier molecular flexibility index (Phi) is 10.0. The number of alkyl halides is 3. The maximum Gasteiger partial charge on any atom is 0.471 e. The Hall–Kier alpha value is -5.03. The number of carbonyl (C=O) groups is 4. The third-order valence-corrected chi connectivity index (χ3v) is 9.27. The first-order chi connectivity index (χ1) is 24.6. The van der Waals surface area contributed by atoms with Gasteiger partial charge in [0.05, 0.1) is 29.4 Å². The van der Waals surface area contributed by atoms with Gasteiger partial charge in [0.15, 0.2) is 17.9 Å². The summed E-state index contributed by atoms with van der Waals surface area (Å²) < 4.78 is 62.9. The van der Waals surface area contributed by atoms with E-state index >= 15 is 0 Å². The average Bonchev–Trinajstić information content (AvgIpc) is 3.09. The second kappa shape index (κ2) is 14.2. The van der Waals surface area contributed by atoms with Gasteiger partial charge in [-0.05, 0) is 26.0 Å². The van der Waals surface area contributed by atoms with Crippen LogP contribution in [0.4, 0.5) is 23.7 Å². The van der Waals surface area contributed by atoms with E-state index in [1.165, 1.54) is 31.2 Å². The number of phenols is 2. The summed E-state index contributed by atoms with van der Waals surface area (Å²) >= 11 is 0. The van der Waals surface area contributed by atoms with E-state index in [1.807, 2.05) is 5.32 Å². The molecule has 0 bridgehead atoms. The van der Waals surface area contributed by atoms with Crippen LogP contribution in [0.3, 0.4) is 0 Å². The molecule has 0 saturated carbocycles. The maximum atomic E-state index is 13.7. The van der Waals surface area contributed by atoms with Crippen molar-refractivity contribution in [3.05, 3.63) is 88.0 Å². The number of anilines is 1. The summed E-state index contributed by atoms with van der Waals surface area (Å²) in [7, 11) is 0. The number of aromatic hydroxyl groups is 2. The minimum atomic E-state index is -5.20. The fourth-order valence-corrected chi connectivity index (χ4v) is 7.01. The molecular formula is C36H35F3N2O11. The number of aliphatic hydroxyl groups is 1. The molecule has 13 nitrogen and oxygen atoms in total. The minimum Gasteiger partial charge on any atom is -0.507 e. The van der Waals surface area contributed by atoms with Gasteiger partial charge >= 0.3 is 18.2 Å². The highest BCUT2D eigenvalue weighted by Crippen LogP contribution is 2.52. The summed E-state index contributed by atoms with van der Waals surface area (Å²) in [5.74, 6) is -5.18. The van der Waals surface area contributed by atoms with Gasteiger partial charge in [0.1, 0.15) is 29.8 Å². The first kappa shape index (κ1) is 36.8. The summed E-state index contributed by atoms with van der Waals surface area (Å²) in [5.41, 5.74) is -3.04. The van der Waals surface area contributed by atoms with Crippen molar-refractivity contribution in [2.45, 2.75) is 75.5 Å². The number of fused-ring (bicyclic) bond motifs is 3. The van der Waals surface area contributed by atoms with E-state index in [0.29, 0.717) is 5.69 Å². The summed E-state index contributed by atoms with van der Waals surface area (Å²) in [4.78, 5) is 52.0. The minimum absolute atomic E-state index is 0.0187.